The smallest absolute Gasteiger partial charge is 0.186 e. The molecule has 0 fully saturated rings. The molecule has 1 heterocycles. The van der Waals surface area contributed by atoms with Crippen molar-refractivity contribution in [2.45, 2.75) is 20.8 Å². The second-order valence-electron chi connectivity index (χ2n) is 4.96. The Morgan fingerprint density at radius 1 is 1.14 bits per heavy atom. The Balaban J connectivity index is 2.34. The van der Waals surface area contributed by atoms with Gasteiger partial charge in [-0.25, -0.2) is 0 Å². The molecule has 2 aromatic rings. The molecule has 5 nitrogen and oxygen atoms in total. The largest absolute Gasteiger partial charge is 0.493 e. The predicted octanol–water partition coefficient (Wildman–Crippen LogP) is 3.51. The van der Waals surface area contributed by atoms with Crippen LogP contribution in [-0.4, -0.2) is 25.2 Å². The summed E-state index contributed by atoms with van der Waals surface area (Å²) in [5.74, 6) is 1.71. The lowest BCUT2D eigenvalue weighted by Crippen LogP contribution is -2.01. The van der Waals surface area contributed by atoms with Crippen LogP contribution in [0.3, 0.4) is 0 Å². The summed E-state index contributed by atoms with van der Waals surface area (Å²) in [4.78, 5) is 12.4. The van der Waals surface area contributed by atoms with Crippen molar-refractivity contribution in [2.75, 3.05) is 14.2 Å². The van der Waals surface area contributed by atoms with E-state index >= 15 is 0 Å². The van der Waals surface area contributed by atoms with Crippen LogP contribution in [0.15, 0.2) is 22.7 Å². The summed E-state index contributed by atoms with van der Waals surface area (Å²) >= 11 is 0. The van der Waals surface area contributed by atoms with Crippen LogP contribution in [0.25, 0.3) is 6.08 Å². The van der Waals surface area contributed by atoms with Crippen LogP contribution < -0.4 is 9.47 Å². The molecule has 0 saturated carbocycles. The zero-order valence-electron chi connectivity index (χ0n) is 13.4. The first-order valence-corrected chi connectivity index (χ1v) is 6.85. The molecule has 1 aromatic carbocycles. The number of benzene rings is 1. The molecule has 0 amide bonds. The highest BCUT2D eigenvalue weighted by Crippen LogP contribution is 2.30. The van der Waals surface area contributed by atoms with E-state index in [1.807, 2.05) is 20.8 Å². The number of carbonyl (C=O) groups is 1. The van der Waals surface area contributed by atoms with Gasteiger partial charge in [-0.15, -0.1) is 0 Å². The summed E-state index contributed by atoms with van der Waals surface area (Å²) in [7, 11) is 3.11. The summed E-state index contributed by atoms with van der Waals surface area (Å²) in [5.41, 5.74) is 2.98. The normalized spacial score (nSPS) is 11.0. The molecule has 2 rings (SSSR count). The van der Waals surface area contributed by atoms with E-state index in [1.54, 1.807) is 32.4 Å². The number of carbonyl (C=O) groups excluding carboxylic acids is 1. The molecular weight excluding hydrogens is 282 g/mol. The van der Waals surface area contributed by atoms with E-state index in [2.05, 4.69) is 5.16 Å². The SMILES string of the molecule is COc1cc(C)c(C(=O)C=Cc2c(C)noc2C)cc1OC. The van der Waals surface area contributed by atoms with Gasteiger partial charge in [0.05, 0.1) is 19.9 Å². The number of aryl methyl sites for hydroxylation is 3. The number of nitrogens with zero attached hydrogens (tertiary/aromatic N) is 1. The second kappa shape index (κ2) is 6.47. The lowest BCUT2D eigenvalue weighted by molar-refractivity contribution is 0.104. The van der Waals surface area contributed by atoms with Crippen LogP contribution in [0, 0.1) is 20.8 Å². The third-order valence-corrected chi connectivity index (χ3v) is 3.49. The molecule has 0 aliphatic rings. The number of ketones is 1. The van der Waals surface area contributed by atoms with Crippen LogP contribution in [0.4, 0.5) is 0 Å². The number of methoxy groups -OCH3 is 2. The predicted molar refractivity (Wildman–Crippen MR) is 83.6 cm³/mol. The van der Waals surface area contributed by atoms with Gasteiger partial charge in [-0.2, -0.15) is 0 Å². The highest BCUT2D eigenvalue weighted by atomic mass is 16.5. The van der Waals surface area contributed by atoms with Crippen molar-refractivity contribution in [2.24, 2.45) is 0 Å². The average Bonchev–Trinajstić information content (AvgIpc) is 2.83. The summed E-state index contributed by atoms with van der Waals surface area (Å²) in [6.07, 6.45) is 3.24. The molecule has 0 aliphatic carbocycles. The van der Waals surface area contributed by atoms with Gasteiger partial charge in [0.25, 0.3) is 0 Å². The van der Waals surface area contributed by atoms with Crippen molar-refractivity contribution in [3.8, 4) is 11.5 Å². The monoisotopic (exact) mass is 301 g/mol. The Kier molecular flexibility index (Phi) is 4.65. The van der Waals surface area contributed by atoms with Crippen molar-refractivity contribution in [1.29, 1.82) is 0 Å². The molecule has 0 unspecified atom stereocenters. The fourth-order valence-electron chi connectivity index (χ4n) is 2.22. The molecular formula is C17H19NO4. The Morgan fingerprint density at radius 3 is 2.32 bits per heavy atom. The van der Waals surface area contributed by atoms with Crippen molar-refractivity contribution < 1.29 is 18.8 Å². The number of hydrogen-bond donors (Lipinski definition) is 0. The third-order valence-electron chi connectivity index (χ3n) is 3.49. The second-order valence-corrected chi connectivity index (χ2v) is 4.96. The minimum atomic E-state index is -0.113. The quantitative estimate of drug-likeness (QED) is 0.624. The first-order valence-electron chi connectivity index (χ1n) is 6.85. The van der Waals surface area contributed by atoms with Gasteiger partial charge in [0.1, 0.15) is 5.76 Å². The van der Waals surface area contributed by atoms with E-state index in [-0.39, 0.29) is 5.78 Å². The van der Waals surface area contributed by atoms with Gasteiger partial charge < -0.3 is 14.0 Å². The molecule has 116 valence electrons. The van der Waals surface area contributed by atoms with E-state index in [1.165, 1.54) is 6.08 Å². The van der Waals surface area contributed by atoms with E-state index in [0.29, 0.717) is 22.8 Å². The van der Waals surface area contributed by atoms with Gasteiger partial charge in [-0.3, -0.25) is 4.79 Å². The lowest BCUT2D eigenvalue weighted by atomic mass is 10.0. The van der Waals surface area contributed by atoms with E-state index in [4.69, 9.17) is 14.0 Å². The van der Waals surface area contributed by atoms with Crippen molar-refractivity contribution in [1.82, 2.24) is 5.16 Å². The highest BCUT2D eigenvalue weighted by Gasteiger charge is 2.13. The molecule has 22 heavy (non-hydrogen) atoms. The first kappa shape index (κ1) is 15.8. The maximum atomic E-state index is 12.4. The number of hydrogen-bond acceptors (Lipinski definition) is 5. The Hall–Kier alpha value is -2.56. The molecule has 0 bridgehead atoms. The lowest BCUT2D eigenvalue weighted by Gasteiger charge is -2.11. The number of ether oxygens (including phenoxy) is 2. The van der Waals surface area contributed by atoms with Gasteiger partial charge in [0.2, 0.25) is 0 Å². The fourth-order valence-corrected chi connectivity index (χ4v) is 2.22. The van der Waals surface area contributed by atoms with E-state index < -0.39 is 0 Å². The van der Waals surface area contributed by atoms with Gasteiger partial charge in [0.15, 0.2) is 17.3 Å². The zero-order valence-corrected chi connectivity index (χ0v) is 13.4. The summed E-state index contributed by atoms with van der Waals surface area (Å²) < 4.78 is 15.5. The van der Waals surface area contributed by atoms with Gasteiger partial charge in [0, 0.05) is 11.1 Å². The molecule has 5 heteroatoms. The summed E-state index contributed by atoms with van der Waals surface area (Å²) in [6, 6.07) is 3.48. The minimum absolute atomic E-state index is 0.113. The van der Waals surface area contributed by atoms with Crippen molar-refractivity contribution in [3.63, 3.8) is 0 Å². The molecule has 0 spiro atoms. The van der Waals surface area contributed by atoms with E-state index in [9.17, 15) is 4.79 Å². The van der Waals surface area contributed by atoms with Crippen LogP contribution in [-0.2, 0) is 0 Å². The Labute approximate surface area is 129 Å². The zero-order chi connectivity index (χ0) is 16.3. The Morgan fingerprint density at radius 2 is 1.77 bits per heavy atom. The van der Waals surface area contributed by atoms with Crippen molar-refractivity contribution in [3.05, 3.63) is 46.4 Å². The van der Waals surface area contributed by atoms with Gasteiger partial charge >= 0.3 is 0 Å². The number of aromatic nitrogens is 1. The minimum Gasteiger partial charge on any atom is -0.493 e. The number of allylic oxidation sites excluding steroid dienone is 1. The van der Waals surface area contributed by atoms with Crippen LogP contribution in [0.5, 0.6) is 11.5 Å². The summed E-state index contributed by atoms with van der Waals surface area (Å²) in [5, 5.41) is 3.86. The van der Waals surface area contributed by atoms with Gasteiger partial charge in [-0.1, -0.05) is 5.16 Å². The molecule has 0 saturated heterocycles. The standard InChI is InChI=1S/C17H19NO4/c1-10-8-16(20-4)17(21-5)9-14(10)15(19)7-6-13-11(2)18-22-12(13)3/h6-9H,1-5H3. The highest BCUT2D eigenvalue weighted by molar-refractivity contribution is 6.08. The summed E-state index contributed by atoms with van der Waals surface area (Å²) in [6.45, 7) is 5.51. The van der Waals surface area contributed by atoms with Crippen LogP contribution in [0.1, 0.15) is 32.9 Å². The molecule has 1 aromatic heterocycles. The van der Waals surface area contributed by atoms with E-state index in [0.717, 1.165) is 16.8 Å². The molecule has 0 aliphatic heterocycles. The maximum Gasteiger partial charge on any atom is 0.186 e. The molecule has 0 radical (unpaired) electrons. The fraction of sp³-hybridized carbons (Fsp3) is 0.294. The number of rotatable bonds is 5. The molecule has 0 atom stereocenters. The topological polar surface area (TPSA) is 61.6 Å². The van der Waals surface area contributed by atoms with Crippen LogP contribution in [0.2, 0.25) is 0 Å². The van der Waals surface area contributed by atoms with Crippen molar-refractivity contribution >= 4 is 11.9 Å². The molecule has 0 N–H and O–H groups in total. The van der Waals surface area contributed by atoms with Gasteiger partial charge in [-0.05, 0) is 50.6 Å². The Bertz CT molecular complexity index is 709. The maximum absolute atomic E-state index is 12.4. The average molecular weight is 301 g/mol. The first-order chi connectivity index (χ1) is 10.5. The van der Waals surface area contributed by atoms with Crippen LogP contribution >= 0.6 is 0 Å². The third kappa shape index (κ3) is 3.03.